The van der Waals surface area contributed by atoms with Crippen LogP contribution in [-0.4, -0.2) is 13.1 Å². The molecule has 0 aromatic heterocycles. The van der Waals surface area contributed by atoms with E-state index in [1.807, 2.05) is 0 Å². The summed E-state index contributed by atoms with van der Waals surface area (Å²) in [5, 5.41) is 8.91. The SMILES string of the molecule is CC1N=NC2=C1c1ccccc1CN(C)c1ccccc12. The van der Waals surface area contributed by atoms with Crippen molar-refractivity contribution in [2.75, 3.05) is 11.9 Å². The molecule has 0 aliphatic carbocycles. The van der Waals surface area contributed by atoms with E-state index < -0.39 is 0 Å². The topological polar surface area (TPSA) is 28.0 Å². The first-order chi connectivity index (χ1) is 10.3. The second kappa shape index (κ2) is 4.55. The smallest absolute Gasteiger partial charge is 0.101 e. The van der Waals surface area contributed by atoms with Crippen molar-refractivity contribution in [1.82, 2.24) is 0 Å². The molecular formula is C18H17N3. The monoisotopic (exact) mass is 275 g/mol. The Balaban J connectivity index is 2.07. The molecule has 104 valence electrons. The van der Waals surface area contributed by atoms with Crippen molar-refractivity contribution in [2.45, 2.75) is 19.5 Å². The Morgan fingerprint density at radius 2 is 1.71 bits per heavy atom. The molecule has 0 saturated carbocycles. The van der Waals surface area contributed by atoms with Gasteiger partial charge in [-0.1, -0.05) is 42.5 Å². The fraction of sp³-hybridized carbons (Fsp3) is 0.222. The average molecular weight is 275 g/mol. The van der Waals surface area contributed by atoms with E-state index in [2.05, 4.69) is 77.6 Å². The molecule has 2 aromatic carbocycles. The van der Waals surface area contributed by atoms with Gasteiger partial charge >= 0.3 is 0 Å². The Hall–Kier alpha value is -2.42. The molecular weight excluding hydrogens is 258 g/mol. The van der Waals surface area contributed by atoms with Crippen LogP contribution in [0.1, 0.15) is 23.6 Å². The lowest BCUT2D eigenvalue weighted by Crippen LogP contribution is -2.20. The van der Waals surface area contributed by atoms with Gasteiger partial charge in [0, 0.05) is 30.4 Å². The molecule has 0 fully saturated rings. The van der Waals surface area contributed by atoms with Gasteiger partial charge in [-0.2, -0.15) is 10.2 Å². The fourth-order valence-electron chi connectivity index (χ4n) is 3.27. The third kappa shape index (κ3) is 1.81. The van der Waals surface area contributed by atoms with Crippen LogP contribution in [0.15, 0.2) is 58.8 Å². The molecule has 2 aliphatic heterocycles. The zero-order valence-corrected chi connectivity index (χ0v) is 12.2. The molecule has 4 rings (SSSR count). The third-order valence-corrected chi connectivity index (χ3v) is 4.29. The first-order valence-corrected chi connectivity index (χ1v) is 7.29. The standard InChI is InChI=1S/C18H17N3/c1-12-17-14-8-4-3-7-13(14)11-21(2)16-10-6-5-9-15(16)18(17)20-19-12/h3-10,12H,11H2,1-2H3. The number of benzene rings is 2. The number of hydrogen-bond acceptors (Lipinski definition) is 3. The number of rotatable bonds is 0. The second-order valence-electron chi connectivity index (χ2n) is 5.68. The van der Waals surface area contributed by atoms with E-state index in [0.717, 1.165) is 12.2 Å². The number of nitrogens with zero attached hydrogens (tertiary/aromatic N) is 3. The number of azo groups is 1. The highest BCUT2D eigenvalue weighted by atomic mass is 15.2. The van der Waals surface area contributed by atoms with Gasteiger partial charge in [-0.3, -0.25) is 0 Å². The van der Waals surface area contributed by atoms with Crippen LogP contribution in [0.4, 0.5) is 5.69 Å². The summed E-state index contributed by atoms with van der Waals surface area (Å²) in [7, 11) is 2.14. The Morgan fingerprint density at radius 3 is 2.57 bits per heavy atom. The van der Waals surface area contributed by atoms with Crippen molar-refractivity contribution in [3.05, 3.63) is 65.2 Å². The lowest BCUT2D eigenvalue weighted by molar-refractivity contribution is 0.894. The van der Waals surface area contributed by atoms with Gasteiger partial charge in [0.25, 0.3) is 0 Å². The maximum Gasteiger partial charge on any atom is 0.101 e. The second-order valence-corrected chi connectivity index (χ2v) is 5.68. The molecule has 2 heterocycles. The average Bonchev–Trinajstić information content (AvgIpc) is 2.88. The molecule has 3 nitrogen and oxygen atoms in total. The summed E-state index contributed by atoms with van der Waals surface area (Å²) < 4.78 is 0. The van der Waals surface area contributed by atoms with Crippen LogP contribution >= 0.6 is 0 Å². The van der Waals surface area contributed by atoms with Crippen LogP contribution in [0.3, 0.4) is 0 Å². The maximum absolute atomic E-state index is 4.49. The van der Waals surface area contributed by atoms with Crippen LogP contribution in [-0.2, 0) is 6.54 Å². The maximum atomic E-state index is 4.49. The first-order valence-electron chi connectivity index (χ1n) is 7.29. The van der Waals surface area contributed by atoms with E-state index >= 15 is 0 Å². The minimum absolute atomic E-state index is 0.123. The van der Waals surface area contributed by atoms with E-state index in [1.165, 1.54) is 28.0 Å². The van der Waals surface area contributed by atoms with Crippen molar-refractivity contribution >= 4 is 17.0 Å². The van der Waals surface area contributed by atoms with Gasteiger partial charge < -0.3 is 4.90 Å². The predicted octanol–water partition coefficient (Wildman–Crippen LogP) is 4.36. The van der Waals surface area contributed by atoms with Crippen LogP contribution in [0.25, 0.3) is 11.3 Å². The summed E-state index contributed by atoms with van der Waals surface area (Å²) in [5.74, 6) is 0. The van der Waals surface area contributed by atoms with Crippen molar-refractivity contribution in [3.63, 3.8) is 0 Å². The molecule has 0 bridgehead atoms. The Kier molecular flexibility index (Phi) is 2.67. The number of hydrogen-bond donors (Lipinski definition) is 0. The molecule has 1 atom stereocenters. The minimum Gasteiger partial charge on any atom is -0.370 e. The summed E-state index contributed by atoms with van der Waals surface area (Å²) in [4.78, 5) is 2.29. The largest absolute Gasteiger partial charge is 0.370 e. The summed E-state index contributed by atoms with van der Waals surface area (Å²) in [6.07, 6.45) is 0. The van der Waals surface area contributed by atoms with Crippen LogP contribution < -0.4 is 4.90 Å². The quantitative estimate of drug-likeness (QED) is 0.702. The highest BCUT2D eigenvalue weighted by Gasteiger charge is 2.28. The minimum atomic E-state index is 0.123. The zero-order chi connectivity index (χ0) is 14.4. The molecule has 21 heavy (non-hydrogen) atoms. The highest BCUT2D eigenvalue weighted by Crippen LogP contribution is 2.43. The van der Waals surface area contributed by atoms with Crippen molar-refractivity contribution in [2.24, 2.45) is 10.2 Å². The summed E-state index contributed by atoms with van der Waals surface area (Å²) in [6.45, 7) is 3.02. The molecule has 0 saturated heterocycles. The molecule has 1 unspecified atom stereocenters. The van der Waals surface area contributed by atoms with E-state index in [4.69, 9.17) is 0 Å². The molecule has 0 amide bonds. The van der Waals surface area contributed by atoms with Gasteiger partial charge in [0.1, 0.15) is 5.70 Å². The molecule has 3 heteroatoms. The third-order valence-electron chi connectivity index (χ3n) is 4.29. The molecule has 0 N–H and O–H groups in total. The van der Waals surface area contributed by atoms with E-state index in [9.17, 15) is 0 Å². The van der Waals surface area contributed by atoms with Crippen LogP contribution in [0.2, 0.25) is 0 Å². The lowest BCUT2D eigenvalue weighted by atomic mass is 9.90. The fourth-order valence-corrected chi connectivity index (χ4v) is 3.27. The normalized spacial score (nSPS) is 19.7. The van der Waals surface area contributed by atoms with Crippen LogP contribution in [0, 0.1) is 0 Å². The Labute approximate surface area is 124 Å². The number of para-hydroxylation sites is 1. The van der Waals surface area contributed by atoms with E-state index in [0.29, 0.717) is 0 Å². The highest BCUT2D eigenvalue weighted by molar-refractivity contribution is 5.98. The van der Waals surface area contributed by atoms with Gasteiger partial charge in [-0.25, -0.2) is 0 Å². The van der Waals surface area contributed by atoms with Crippen molar-refractivity contribution < 1.29 is 0 Å². The van der Waals surface area contributed by atoms with Gasteiger partial charge in [-0.05, 0) is 24.1 Å². The summed E-state index contributed by atoms with van der Waals surface area (Å²) in [6, 6.07) is 17.2. The molecule has 2 aromatic rings. The Bertz CT molecular complexity index is 774. The van der Waals surface area contributed by atoms with Crippen molar-refractivity contribution in [1.29, 1.82) is 0 Å². The van der Waals surface area contributed by atoms with Crippen LogP contribution in [0.5, 0.6) is 0 Å². The predicted molar refractivity (Wildman–Crippen MR) is 86.1 cm³/mol. The van der Waals surface area contributed by atoms with Gasteiger partial charge in [-0.15, -0.1) is 0 Å². The van der Waals surface area contributed by atoms with Gasteiger partial charge in [0.15, 0.2) is 0 Å². The zero-order valence-electron chi connectivity index (χ0n) is 12.2. The van der Waals surface area contributed by atoms with Gasteiger partial charge in [0.2, 0.25) is 0 Å². The van der Waals surface area contributed by atoms with Crippen molar-refractivity contribution in [3.8, 4) is 0 Å². The number of anilines is 1. The van der Waals surface area contributed by atoms with E-state index in [-0.39, 0.29) is 6.04 Å². The first kappa shape index (κ1) is 12.3. The summed E-state index contributed by atoms with van der Waals surface area (Å²) >= 11 is 0. The Morgan fingerprint density at radius 1 is 1.00 bits per heavy atom. The lowest BCUT2D eigenvalue weighted by Gasteiger charge is -2.27. The van der Waals surface area contributed by atoms with E-state index in [1.54, 1.807) is 0 Å². The summed E-state index contributed by atoms with van der Waals surface area (Å²) in [5.41, 5.74) is 7.29. The number of fused-ring (bicyclic) bond motifs is 4. The molecule has 0 spiro atoms. The van der Waals surface area contributed by atoms with Gasteiger partial charge in [0.05, 0.1) is 6.04 Å². The molecule has 2 aliphatic rings. The molecule has 0 radical (unpaired) electrons.